The van der Waals surface area contributed by atoms with Gasteiger partial charge in [0.15, 0.2) is 5.82 Å². The summed E-state index contributed by atoms with van der Waals surface area (Å²) in [5.74, 6) is 3.80. The number of nitrogens with zero attached hydrogens (tertiary/aromatic N) is 5. The van der Waals surface area contributed by atoms with Gasteiger partial charge in [0, 0.05) is 25.5 Å². The average molecular weight is 351 g/mol. The molecule has 0 aliphatic carbocycles. The van der Waals surface area contributed by atoms with E-state index in [0.717, 1.165) is 47.1 Å². The molecule has 0 saturated carbocycles. The Morgan fingerprint density at radius 2 is 2.00 bits per heavy atom. The summed E-state index contributed by atoms with van der Waals surface area (Å²) >= 11 is 0. The number of aromatic nitrogens is 4. The lowest BCUT2D eigenvalue weighted by Crippen LogP contribution is -2.22. The van der Waals surface area contributed by atoms with Gasteiger partial charge in [-0.25, -0.2) is 9.97 Å². The first-order valence-corrected chi connectivity index (χ1v) is 8.73. The Hall–Kier alpha value is -2.96. The van der Waals surface area contributed by atoms with Crippen molar-refractivity contribution in [2.45, 2.75) is 39.8 Å². The third-order valence-corrected chi connectivity index (χ3v) is 4.45. The average Bonchev–Trinajstić information content (AvgIpc) is 3.01. The van der Waals surface area contributed by atoms with Gasteiger partial charge in [0.2, 0.25) is 5.89 Å². The molecule has 7 heteroatoms. The predicted molar refractivity (Wildman–Crippen MR) is 96.1 cm³/mol. The number of hydrogen-bond acceptors (Lipinski definition) is 7. The highest BCUT2D eigenvalue weighted by Gasteiger charge is 2.22. The smallest absolute Gasteiger partial charge is 0.246 e. The summed E-state index contributed by atoms with van der Waals surface area (Å²) in [6.45, 7) is 4.84. The van der Waals surface area contributed by atoms with Crippen molar-refractivity contribution in [3.8, 4) is 5.75 Å². The van der Waals surface area contributed by atoms with E-state index in [2.05, 4.69) is 21.2 Å². The number of rotatable bonds is 4. The predicted octanol–water partition coefficient (Wildman–Crippen LogP) is 2.85. The second kappa shape index (κ2) is 6.74. The van der Waals surface area contributed by atoms with Gasteiger partial charge in [0.25, 0.3) is 0 Å². The van der Waals surface area contributed by atoms with Gasteiger partial charge >= 0.3 is 0 Å². The molecule has 0 bridgehead atoms. The minimum atomic E-state index is 0.442. The normalized spacial score (nSPS) is 12.7. The highest BCUT2D eigenvalue weighted by molar-refractivity contribution is 5.53. The second-order valence-electron chi connectivity index (χ2n) is 6.41. The van der Waals surface area contributed by atoms with E-state index < -0.39 is 0 Å². The molecule has 0 N–H and O–H groups in total. The van der Waals surface area contributed by atoms with Crippen molar-refractivity contribution in [3.05, 3.63) is 58.6 Å². The Labute approximate surface area is 152 Å². The number of para-hydroxylation sites is 1. The molecule has 4 rings (SSSR count). The van der Waals surface area contributed by atoms with Crippen LogP contribution in [0.25, 0.3) is 0 Å². The fraction of sp³-hybridized carbons (Fsp3) is 0.368. The topological polar surface area (TPSA) is 77.2 Å². The molecule has 1 aromatic carbocycles. The van der Waals surface area contributed by atoms with Gasteiger partial charge in [0.05, 0.1) is 12.2 Å². The maximum Gasteiger partial charge on any atom is 0.246 e. The lowest BCUT2D eigenvalue weighted by atomic mass is 10.0. The molecule has 0 spiro atoms. The van der Waals surface area contributed by atoms with Crippen LogP contribution in [-0.2, 0) is 26.0 Å². The number of aryl methyl sites for hydroxylation is 2. The van der Waals surface area contributed by atoms with Crippen LogP contribution < -0.4 is 9.64 Å². The van der Waals surface area contributed by atoms with Crippen LogP contribution in [0.5, 0.6) is 5.75 Å². The molecule has 0 amide bonds. The van der Waals surface area contributed by atoms with Crippen LogP contribution in [-0.4, -0.2) is 27.2 Å². The van der Waals surface area contributed by atoms with Gasteiger partial charge in [-0.2, -0.15) is 4.98 Å². The summed E-state index contributed by atoms with van der Waals surface area (Å²) in [5, 5.41) is 3.97. The van der Waals surface area contributed by atoms with Crippen molar-refractivity contribution >= 4 is 5.82 Å². The Kier molecular flexibility index (Phi) is 4.28. The number of anilines is 1. The van der Waals surface area contributed by atoms with Crippen molar-refractivity contribution in [2.75, 3.05) is 11.9 Å². The van der Waals surface area contributed by atoms with Gasteiger partial charge in [-0.05, 0) is 18.6 Å². The molecule has 3 aromatic rings. The van der Waals surface area contributed by atoms with Crippen LogP contribution in [0.3, 0.4) is 0 Å². The molecule has 2 aromatic heterocycles. The van der Waals surface area contributed by atoms with E-state index in [1.165, 1.54) is 0 Å². The van der Waals surface area contributed by atoms with E-state index in [-0.39, 0.29) is 0 Å². The minimum Gasteiger partial charge on any atom is -0.487 e. The van der Waals surface area contributed by atoms with Crippen LogP contribution in [0.4, 0.5) is 5.82 Å². The zero-order chi connectivity index (χ0) is 18.1. The molecule has 1 aliphatic heterocycles. The quantitative estimate of drug-likeness (QED) is 0.715. The summed E-state index contributed by atoms with van der Waals surface area (Å²) in [7, 11) is 1.98. The number of fused-ring (bicyclic) bond motifs is 2. The summed E-state index contributed by atoms with van der Waals surface area (Å²) < 4.78 is 11.3. The molecule has 0 saturated heterocycles. The van der Waals surface area contributed by atoms with E-state index in [1.54, 1.807) is 0 Å². The summed E-state index contributed by atoms with van der Waals surface area (Å²) in [6.07, 6.45) is 1.48. The number of benzene rings is 1. The highest BCUT2D eigenvalue weighted by atomic mass is 16.5. The summed E-state index contributed by atoms with van der Waals surface area (Å²) in [4.78, 5) is 15.7. The molecule has 7 nitrogen and oxygen atoms in total. The second-order valence-corrected chi connectivity index (χ2v) is 6.41. The molecule has 0 atom stereocenters. The van der Waals surface area contributed by atoms with E-state index in [4.69, 9.17) is 14.2 Å². The van der Waals surface area contributed by atoms with Crippen LogP contribution in [0.1, 0.15) is 41.3 Å². The Morgan fingerprint density at radius 3 is 2.81 bits per heavy atom. The van der Waals surface area contributed by atoms with E-state index in [9.17, 15) is 0 Å². The maximum atomic E-state index is 5.95. The van der Waals surface area contributed by atoms with Crippen LogP contribution in [0, 0.1) is 6.92 Å². The van der Waals surface area contributed by atoms with Crippen molar-refractivity contribution in [1.82, 2.24) is 20.1 Å². The molecule has 26 heavy (non-hydrogen) atoms. The summed E-state index contributed by atoms with van der Waals surface area (Å²) in [5.41, 5.74) is 3.15. The largest absolute Gasteiger partial charge is 0.487 e. The van der Waals surface area contributed by atoms with Gasteiger partial charge in [-0.3, -0.25) is 0 Å². The Balaban J connectivity index is 1.69. The van der Waals surface area contributed by atoms with E-state index in [1.807, 2.05) is 44.0 Å². The van der Waals surface area contributed by atoms with Crippen LogP contribution in [0.2, 0.25) is 0 Å². The van der Waals surface area contributed by atoms with Crippen molar-refractivity contribution in [3.63, 3.8) is 0 Å². The number of ether oxygens (including phenoxy) is 1. The van der Waals surface area contributed by atoms with Gasteiger partial charge < -0.3 is 14.2 Å². The first kappa shape index (κ1) is 16.5. The zero-order valence-corrected chi connectivity index (χ0v) is 15.2. The Morgan fingerprint density at radius 1 is 1.15 bits per heavy atom. The molecular formula is C19H21N5O2. The van der Waals surface area contributed by atoms with Gasteiger partial charge in [-0.1, -0.05) is 30.3 Å². The van der Waals surface area contributed by atoms with Gasteiger partial charge in [0.1, 0.15) is 24.0 Å². The van der Waals surface area contributed by atoms with Gasteiger partial charge in [-0.15, -0.1) is 0 Å². The summed E-state index contributed by atoms with van der Waals surface area (Å²) in [6, 6.07) is 8.09. The monoisotopic (exact) mass is 351 g/mol. The van der Waals surface area contributed by atoms with Crippen molar-refractivity contribution in [1.29, 1.82) is 0 Å². The maximum absolute atomic E-state index is 5.95. The molecule has 3 heterocycles. The molecule has 0 radical (unpaired) electrons. The lowest BCUT2D eigenvalue weighted by molar-refractivity contribution is 0.301. The molecular weight excluding hydrogens is 330 g/mol. The Bertz CT molecular complexity index is 937. The fourth-order valence-corrected chi connectivity index (χ4v) is 3.16. The molecule has 134 valence electrons. The van der Waals surface area contributed by atoms with E-state index >= 15 is 0 Å². The molecule has 0 unspecified atom stereocenters. The third kappa shape index (κ3) is 3.12. The van der Waals surface area contributed by atoms with Crippen LogP contribution >= 0.6 is 0 Å². The molecule has 0 fully saturated rings. The molecule has 1 aliphatic rings. The minimum absolute atomic E-state index is 0.442. The van der Waals surface area contributed by atoms with Crippen LogP contribution in [0.15, 0.2) is 28.8 Å². The number of hydrogen-bond donors (Lipinski definition) is 0. The van der Waals surface area contributed by atoms with Crippen molar-refractivity contribution < 1.29 is 9.26 Å². The SMILES string of the molecule is CCc1noc(CN(C)c2nc(C)nc3c2Cc2ccccc2OC3)n1. The van der Waals surface area contributed by atoms with Crippen molar-refractivity contribution in [2.24, 2.45) is 0 Å². The third-order valence-electron chi connectivity index (χ3n) is 4.45. The highest BCUT2D eigenvalue weighted by Crippen LogP contribution is 2.32. The lowest BCUT2D eigenvalue weighted by Gasteiger charge is -2.21. The first-order chi connectivity index (χ1) is 12.6. The zero-order valence-electron chi connectivity index (χ0n) is 15.2. The van der Waals surface area contributed by atoms with E-state index in [0.29, 0.717) is 24.9 Å². The standard InChI is InChI=1S/C19H21N5O2/c1-4-17-22-18(26-23-17)10-24(3)19-14-9-13-7-5-6-8-16(13)25-11-15(14)20-12(2)21-19/h5-8H,4,9-11H2,1-3H3. The first-order valence-electron chi connectivity index (χ1n) is 8.73. The fourth-order valence-electron chi connectivity index (χ4n) is 3.16.